The molecule has 4 rings (SSSR count). The number of hydrogen-bond acceptors (Lipinski definition) is 2. The van der Waals surface area contributed by atoms with Crippen LogP contribution in [-0.4, -0.2) is 28.9 Å². The van der Waals surface area contributed by atoms with Gasteiger partial charge in [-0.25, -0.2) is 4.39 Å². The SMILES string of the molecule is O=C(COc1ccc(Cl)cc1Cl)N1CCc2[nH]c3ccc(F)cc3c2C1. The molecule has 26 heavy (non-hydrogen) atoms. The van der Waals surface area contributed by atoms with Crippen LogP contribution in [-0.2, 0) is 17.8 Å². The molecule has 0 spiro atoms. The van der Waals surface area contributed by atoms with Gasteiger partial charge in [0.1, 0.15) is 11.6 Å². The molecule has 7 heteroatoms. The van der Waals surface area contributed by atoms with E-state index in [-0.39, 0.29) is 18.3 Å². The first-order valence-electron chi connectivity index (χ1n) is 8.16. The van der Waals surface area contributed by atoms with Gasteiger partial charge in [0, 0.05) is 46.7 Å². The van der Waals surface area contributed by atoms with Crippen LogP contribution in [0.5, 0.6) is 5.75 Å². The molecule has 0 bridgehead atoms. The molecular weight excluding hydrogens is 378 g/mol. The number of carbonyl (C=O) groups excluding carboxylic acids is 1. The minimum atomic E-state index is -0.288. The van der Waals surface area contributed by atoms with Gasteiger partial charge in [-0.15, -0.1) is 0 Å². The van der Waals surface area contributed by atoms with Crippen molar-refractivity contribution in [1.82, 2.24) is 9.88 Å². The zero-order chi connectivity index (χ0) is 18.3. The number of nitrogens with one attached hydrogen (secondary N) is 1. The Bertz CT molecular complexity index is 1000. The summed E-state index contributed by atoms with van der Waals surface area (Å²) >= 11 is 11.9. The predicted molar refractivity (Wildman–Crippen MR) is 99.3 cm³/mol. The second-order valence-corrected chi connectivity index (χ2v) is 7.04. The van der Waals surface area contributed by atoms with Crippen molar-refractivity contribution in [2.24, 2.45) is 0 Å². The average Bonchev–Trinajstić information content (AvgIpc) is 2.98. The molecule has 0 saturated carbocycles. The van der Waals surface area contributed by atoms with E-state index in [1.165, 1.54) is 12.1 Å². The number of nitrogens with zero attached hydrogens (tertiary/aromatic N) is 1. The number of H-pyrrole nitrogens is 1. The highest BCUT2D eigenvalue weighted by Gasteiger charge is 2.24. The van der Waals surface area contributed by atoms with Crippen molar-refractivity contribution >= 4 is 40.0 Å². The number of benzene rings is 2. The molecule has 4 nitrogen and oxygen atoms in total. The van der Waals surface area contributed by atoms with Gasteiger partial charge in [0.25, 0.3) is 5.91 Å². The van der Waals surface area contributed by atoms with Crippen molar-refractivity contribution in [1.29, 1.82) is 0 Å². The van der Waals surface area contributed by atoms with Gasteiger partial charge in [0.15, 0.2) is 6.61 Å². The van der Waals surface area contributed by atoms with E-state index in [1.54, 1.807) is 29.2 Å². The molecule has 1 aromatic heterocycles. The summed E-state index contributed by atoms with van der Waals surface area (Å²) in [6, 6.07) is 9.51. The Hall–Kier alpha value is -2.24. The molecule has 134 valence electrons. The molecule has 1 aliphatic heterocycles. The molecule has 0 atom stereocenters. The van der Waals surface area contributed by atoms with Crippen LogP contribution in [0, 0.1) is 5.82 Å². The maximum absolute atomic E-state index is 13.6. The summed E-state index contributed by atoms with van der Waals surface area (Å²) in [7, 11) is 0. The van der Waals surface area contributed by atoms with Crippen molar-refractivity contribution in [3.05, 3.63) is 63.5 Å². The van der Waals surface area contributed by atoms with Gasteiger partial charge in [-0.2, -0.15) is 0 Å². The standard InChI is InChI=1S/C19H15Cl2FN2O2/c20-11-1-4-18(15(21)7-11)26-10-19(25)24-6-5-17-14(9-24)13-8-12(22)2-3-16(13)23-17/h1-4,7-8,23H,5-6,9-10H2. The Morgan fingerprint density at radius 1 is 1.23 bits per heavy atom. The van der Waals surface area contributed by atoms with Crippen molar-refractivity contribution < 1.29 is 13.9 Å². The van der Waals surface area contributed by atoms with Crippen molar-refractivity contribution in [2.75, 3.05) is 13.2 Å². The van der Waals surface area contributed by atoms with Gasteiger partial charge < -0.3 is 14.6 Å². The van der Waals surface area contributed by atoms with Gasteiger partial charge in [0.05, 0.1) is 5.02 Å². The van der Waals surface area contributed by atoms with Crippen LogP contribution in [0.15, 0.2) is 36.4 Å². The van der Waals surface area contributed by atoms with Gasteiger partial charge in [-0.05, 0) is 36.4 Å². The Labute approximate surface area is 159 Å². The monoisotopic (exact) mass is 392 g/mol. The van der Waals surface area contributed by atoms with Crippen LogP contribution in [0.1, 0.15) is 11.3 Å². The smallest absolute Gasteiger partial charge is 0.260 e. The van der Waals surface area contributed by atoms with E-state index in [2.05, 4.69) is 4.98 Å². The highest BCUT2D eigenvalue weighted by Crippen LogP contribution is 2.29. The summed E-state index contributed by atoms with van der Waals surface area (Å²) < 4.78 is 19.1. The van der Waals surface area contributed by atoms with Gasteiger partial charge in [-0.3, -0.25) is 4.79 Å². The summed E-state index contributed by atoms with van der Waals surface area (Å²) in [6.45, 7) is 0.890. The number of amides is 1. The Morgan fingerprint density at radius 2 is 2.08 bits per heavy atom. The molecule has 0 radical (unpaired) electrons. The third-order valence-corrected chi connectivity index (χ3v) is 5.07. The maximum atomic E-state index is 13.6. The highest BCUT2D eigenvalue weighted by molar-refractivity contribution is 6.35. The normalized spacial score (nSPS) is 13.7. The lowest BCUT2D eigenvalue weighted by molar-refractivity contribution is -0.134. The van der Waals surface area contributed by atoms with E-state index in [4.69, 9.17) is 27.9 Å². The lowest BCUT2D eigenvalue weighted by Crippen LogP contribution is -2.38. The second kappa shape index (κ2) is 6.82. The molecule has 2 heterocycles. The van der Waals surface area contributed by atoms with Gasteiger partial charge in [0.2, 0.25) is 0 Å². The summed E-state index contributed by atoms with van der Waals surface area (Å²) in [5, 5.41) is 1.68. The molecule has 0 fully saturated rings. The van der Waals surface area contributed by atoms with E-state index in [0.29, 0.717) is 35.3 Å². The summed E-state index contributed by atoms with van der Waals surface area (Å²) in [5.74, 6) is -0.0211. The molecule has 2 aromatic carbocycles. The Kier molecular flexibility index (Phi) is 4.51. The molecule has 1 amide bonds. The van der Waals surface area contributed by atoms with Gasteiger partial charge in [-0.1, -0.05) is 23.2 Å². The molecule has 3 aromatic rings. The zero-order valence-corrected chi connectivity index (χ0v) is 15.2. The van der Waals surface area contributed by atoms with E-state index in [0.717, 1.165) is 22.2 Å². The fourth-order valence-electron chi connectivity index (χ4n) is 3.22. The van der Waals surface area contributed by atoms with E-state index < -0.39 is 0 Å². The number of hydrogen-bond donors (Lipinski definition) is 1. The second-order valence-electron chi connectivity index (χ2n) is 6.20. The van der Waals surface area contributed by atoms with Crippen LogP contribution in [0.25, 0.3) is 10.9 Å². The van der Waals surface area contributed by atoms with Crippen LogP contribution in [0.4, 0.5) is 4.39 Å². The fourth-order valence-corrected chi connectivity index (χ4v) is 3.69. The number of halogens is 3. The zero-order valence-electron chi connectivity index (χ0n) is 13.7. The quantitative estimate of drug-likeness (QED) is 0.708. The van der Waals surface area contributed by atoms with E-state index in [9.17, 15) is 9.18 Å². The van der Waals surface area contributed by atoms with Crippen molar-refractivity contribution in [3.8, 4) is 5.75 Å². The average molecular weight is 393 g/mol. The topological polar surface area (TPSA) is 45.3 Å². The summed E-state index contributed by atoms with van der Waals surface area (Å²) in [5.41, 5.74) is 2.90. The van der Waals surface area contributed by atoms with Crippen molar-refractivity contribution in [2.45, 2.75) is 13.0 Å². The lowest BCUT2D eigenvalue weighted by Gasteiger charge is -2.27. The fraction of sp³-hybridized carbons (Fsp3) is 0.211. The Morgan fingerprint density at radius 3 is 2.88 bits per heavy atom. The first-order chi connectivity index (χ1) is 12.5. The molecule has 0 saturated heterocycles. The first kappa shape index (κ1) is 17.2. The summed E-state index contributed by atoms with van der Waals surface area (Å²) in [4.78, 5) is 17.6. The minimum Gasteiger partial charge on any atom is -0.482 e. The van der Waals surface area contributed by atoms with Crippen LogP contribution < -0.4 is 4.74 Å². The third-order valence-electron chi connectivity index (χ3n) is 4.54. The third kappa shape index (κ3) is 3.24. The molecule has 0 unspecified atom stereocenters. The van der Waals surface area contributed by atoms with Crippen molar-refractivity contribution in [3.63, 3.8) is 0 Å². The number of rotatable bonds is 3. The number of fused-ring (bicyclic) bond motifs is 3. The lowest BCUT2D eigenvalue weighted by atomic mass is 10.0. The minimum absolute atomic E-state index is 0.118. The molecule has 1 N–H and O–H groups in total. The Balaban J connectivity index is 1.48. The van der Waals surface area contributed by atoms with E-state index in [1.807, 2.05) is 0 Å². The van der Waals surface area contributed by atoms with E-state index >= 15 is 0 Å². The number of aromatic amines is 1. The van der Waals surface area contributed by atoms with Gasteiger partial charge >= 0.3 is 0 Å². The molecular formula is C19H15Cl2FN2O2. The largest absolute Gasteiger partial charge is 0.482 e. The highest BCUT2D eigenvalue weighted by atomic mass is 35.5. The maximum Gasteiger partial charge on any atom is 0.260 e. The molecule has 1 aliphatic rings. The number of ether oxygens (including phenoxy) is 1. The predicted octanol–water partition coefficient (Wildman–Crippen LogP) is 4.58. The van der Waals surface area contributed by atoms with Crippen LogP contribution in [0.3, 0.4) is 0 Å². The van der Waals surface area contributed by atoms with Crippen LogP contribution >= 0.6 is 23.2 Å². The molecule has 0 aliphatic carbocycles. The number of aromatic nitrogens is 1. The van der Waals surface area contributed by atoms with Crippen LogP contribution in [0.2, 0.25) is 10.0 Å². The number of carbonyl (C=O) groups is 1. The summed E-state index contributed by atoms with van der Waals surface area (Å²) in [6.07, 6.45) is 0.694. The first-order valence-corrected chi connectivity index (χ1v) is 8.91.